The summed E-state index contributed by atoms with van der Waals surface area (Å²) in [6.45, 7) is -3.08. The van der Waals surface area contributed by atoms with E-state index in [9.17, 15) is 23.7 Å². The van der Waals surface area contributed by atoms with Crippen molar-refractivity contribution in [1.82, 2.24) is 14.8 Å². The highest BCUT2D eigenvalue weighted by atomic mass is 19.3. The van der Waals surface area contributed by atoms with Gasteiger partial charge in [0.2, 0.25) is 0 Å². The van der Waals surface area contributed by atoms with Crippen LogP contribution in [-0.4, -0.2) is 39.3 Å². The number of benzene rings is 2. The number of methoxy groups -OCH3 is 1. The topological polar surface area (TPSA) is 121 Å². The summed E-state index contributed by atoms with van der Waals surface area (Å²) in [5, 5.41) is 17.7. The van der Waals surface area contributed by atoms with Gasteiger partial charge in [0.1, 0.15) is 18.3 Å². The summed E-state index contributed by atoms with van der Waals surface area (Å²) in [6, 6.07) is 7.69. The maximum absolute atomic E-state index is 12.5. The molecule has 12 heteroatoms. The zero-order valence-electron chi connectivity index (χ0n) is 14.8. The first kappa shape index (κ1) is 19.7. The number of hydrogen-bond acceptors (Lipinski definition) is 7. The molecule has 1 N–H and O–H groups in total. The lowest BCUT2D eigenvalue weighted by Gasteiger charge is -2.12. The first-order valence-corrected chi connectivity index (χ1v) is 7.96. The fraction of sp³-hybridized carbons (Fsp3) is 0.118. The normalized spacial score (nSPS) is 10.6. The number of nitrogens with zero attached hydrogens (tertiary/aromatic N) is 4. The minimum atomic E-state index is -3.08. The van der Waals surface area contributed by atoms with Gasteiger partial charge in [-0.25, -0.2) is 9.67 Å². The van der Waals surface area contributed by atoms with Crippen LogP contribution in [0.25, 0.3) is 5.69 Å². The fourth-order valence-electron chi connectivity index (χ4n) is 2.48. The molecule has 0 atom stereocenters. The Hall–Kier alpha value is -4.09. The van der Waals surface area contributed by atoms with Crippen molar-refractivity contribution >= 4 is 17.3 Å². The van der Waals surface area contributed by atoms with Crippen LogP contribution in [-0.2, 0) is 0 Å². The van der Waals surface area contributed by atoms with Gasteiger partial charge in [0.05, 0.1) is 12.0 Å². The monoisotopic (exact) mass is 405 g/mol. The maximum Gasteiger partial charge on any atom is 0.387 e. The standard InChI is InChI=1S/C17H13F2N5O5/c1-28-14-5-3-11(7-15(14)29-17(18)19)22-16(25)10-2-4-12(13(6-10)24(26)27)23-9-20-8-21-23/h2-9,17H,1H3,(H,22,25). The molecule has 1 heterocycles. The minimum Gasteiger partial charge on any atom is -0.493 e. The molecule has 2 aromatic carbocycles. The van der Waals surface area contributed by atoms with Crippen LogP contribution in [0.15, 0.2) is 49.1 Å². The smallest absolute Gasteiger partial charge is 0.387 e. The molecule has 3 aromatic rings. The van der Waals surface area contributed by atoms with E-state index in [1.54, 1.807) is 0 Å². The first-order valence-electron chi connectivity index (χ1n) is 7.96. The van der Waals surface area contributed by atoms with E-state index in [2.05, 4.69) is 20.1 Å². The van der Waals surface area contributed by atoms with Gasteiger partial charge in [0.15, 0.2) is 11.5 Å². The third-order valence-electron chi connectivity index (χ3n) is 3.74. The third-order valence-corrected chi connectivity index (χ3v) is 3.74. The van der Waals surface area contributed by atoms with Crippen LogP contribution in [0.4, 0.5) is 20.2 Å². The Kier molecular flexibility index (Phi) is 5.62. The Morgan fingerprint density at radius 3 is 2.66 bits per heavy atom. The molecule has 0 aliphatic heterocycles. The first-order chi connectivity index (χ1) is 13.9. The van der Waals surface area contributed by atoms with Gasteiger partial charge in [-0.2, -0.15) is 13.9 Å². The Balaban J connectivity index is 1.87. The summed E-state index contributed by atoms with van der Waals surface area (Å²) in [6.07, 6.45) is 2.50. The molecule has 0 saturated carbocycles. The number of ether oxygens (including phenoxy) is 2. The molecular formula is C17H13F2N5O5. The number of rotatable bonds is 7. The molecule has 0 unspecified atom stereocenters. The molecule has 10 nitrogen and oxygen atoms in total. The Bertz CT molecular complexity index is 1040. The highest BCUT2D eigenvalue weighted by Gasteiger charge is 2.20. The molecule has 0 bridgehead atoms. The molecular weight excluding hydrogens is 392 g/mol. The van der Waals surface area contributed by atoms with Gasteiger partial charge >= 0.3 is 6.61 Å². The molecule has 0 saturated heterocycles. The zero-order chi connectivity index (χ0) is 21.0. The summed E-state index contributed by atoms with van der Waals surface area (Å²) in [5.74, 6) is -0.907. The molecule has 0 spiro atoms. The number of nitro groups is 1. The molecule has 150 valence electrons. The Morgan fingerprint density at radius 1 is 1.24 bits per heavy atom. The number of halogens is 2. The lowest BCUT2D eigenvalue weighted by atomic mass is 10.1. The van der Waals surface area contributed by atoms with E-state index in [1.807, 2.05) is 0 Å². The van der Waals surface area contributed by atoms with Gasteiger partial charge in [-0.05, 0) is 24.3 Å². The number of anilines is 1. The number of aromatic nitrogens is 3. The van der Waals surface area contributed by atoms with Crippen molar-refractivity contribution in [3.8, 4) is 17.2 Å². The van der Waals surface area contributed by atoms with Gasteiger partial charge in [-0.3, -0.25) is 14.9 Å². The number of nitro benzene ring substituents is 1. The van der Waals surface area contributed by atoms with E-state index in [0.717, 1.165) is 12.1 Å². The number of hydrogen-bond donors (Lipinski definition) is 1. The highest BCUT2D eigenvalue weighted by molar-refractivity contribution is 6.05. The van der Waals surface area contributed by atoms with Crippen molar-refractivity contribution in [2.75, 3.05) is 12.4 Å². The van der Waals surface area contributed by atoms with Gasteiger partial charge < -0.3 is 14.8 Å². The average molecular weight is 405 g/mol. The van der Waals surface area contributed by atoms with Crippen molar-refractivity contribution in [2.24, 2.45) is 0 Å². The van der Waals surface area contributed by atoms with E-state index >= 15 is 0 Å². The molecule has 1 aromatic heterocycles. The number of carbonyl (C=O) groups is 1. The van der Waals surface area contributed by atoms with E-state index in [4.69, 9.17) is 4.74 Å². The molecule has 0 aliphatic carbocycles. The van der Waals surface area contributed by atoms with Gasteiger partial charge in [-0.1, -0.05) is 0 Å². The summed E-state index contributed by atoms with van der Waals surface area (Å²) in [7, 11) is 1.28. The van der Waals surface area contributed by atoms with Crippen LogP contribution in [0, 0.1) is 10.1 Å². The second-order valence-electron chi connectivity index (χ2n) is 5.50. The highest BCUT2D eigenvalue weighted by Crippen LogP contribution is 2.32. The quantitative estimate of drug-likeness (QED) is 0.474. The van der Waals surface area contributed by atoms with Crippen LogP contribution >= 0.6 is 0 Å². The van der Waals surface area contributed by atoms with E-state index in [0.29, 0.717) is 0 Å². The molecule has 29 heavy (non-hydrogen) atoms. The molecule has 0 fully saturated rings. The lowest BCUT2D eigenvalue weighted by molar-refractivity contribution is -0.384. The summed E-state index contributed by atoms with van der Waals surface area (Å²) < 4.78 is 35.5. The minimum absolute atomic E-state index is 0.0206. The molecule has 0 aliphatic rings. The average Bonchev–Trinajstić information content (AvgIpc) is 3.22. The number of nitrogens with one attached hydrogen (secondary N) is 1. The van der Waals surface area contributed by atoms with Crippen molar-refractivity contribution in [3.05, 3.63) is 64.7 Å². The SMILES string of the molecule is COc1ccc(NC(=O)c2ccc(-n3cncn3)c([N+](=O)[O-])c2)cc1OC(F)F. The van der Waals surface area contributed by atoms with Crippen LogP contribution in [0.3, 0.4) is 0 Å². The number of carbonyl (C=O) groups excluding carboxylic acids is 1. The predicted octanol–water partition coefficient (Wildman–Crippen LogP) is 3.04. The van der Waals surface area contributed by atoms with Crippen molar-refractivity contribution in [2.45, 2.75) is 6.61 Å². The van der Waals surface area contributed by atoms with Gasteiger partial charge in [0.25, 0.3) is 11.6 Å². The van der Waals surface area contributed by atoms with E-state index in [-0.39, 0.29) is 34.1 Å². The van der Waals surface area contributed by atoms with Crippen molar-refractivity contribution < 1.29 is 28.0 Å². The van der Waals surface area contributed by atoms with Gasteiger partial charge in [0, 0.05) is 23.4 Å². The van der Waals surface area contributed by atoms with Crippen molar-refractivity contribution in [3.63, 3.8) is 0 Å². The molecule has 3 rings (SSSR count). The third kappa shape index (κ3) is 4.43. The molecule has 0 radical (unpaired) electrons. The van der Waals surface area contributed by atoms with E-state index < -0.39 is 17.4 Å². The second-order valence-corrected chi connectivity index (χ2v) is 5.50. The van der Waals surface area contributed by atoms with Crippen LogP contribution < -0.4 is 14.8 Å². The van der Waals surface area contributed by atoms with Crippen LogP contribution in [0.1, 0.15) is 10.4 Å². The van der Waals surface area contributed by atoms with E-state index in [1.165, 1.54) is 48.7 Å². The Labute approximate surface area is 161 Å². The number of amides is 1. The lowest BCUT2D eigenvalue weighted by Crippen LogP contribution is -2.13. The Morgan fingerprint density at radius 2 is 2.03 bits per heavy atom. The fourth-order valence-corrected chi connectivity index (χ4v) is 2.48. The maximum atomic E-state index is 12.5. The summed E-state index contributed by atoms with van der Waals surface area (Å²) in [4.78, 5) is 26.9. The predicted molar refractivity (Wildman–Crippen MR) is 95.6 cm³/mol. The summed E-state index contributed by atoms with van der Waals surface area (Å²) in [5.41, 5.74) is -0.122. The largest absolute Gasteiger partial charge is 0.493 e. The van der Waals surface area contributed by atoms with Crippen LogP contribution in [0.5, 0.6) is 11.5 Å². The molecule has 1 amide bonds. The number of alkyl halides is 2. The summed E-state index contributed by atoms with van der Waals surface area (Å²) >= 11 is 0. The second kappa shape index (κ2) is 8.29. The van der Waals surface area contributed by atoms with Gasteiger partial charge in [-0.15, -0.1) is 0 Å². The van der Waals surface area contributed by atoms with Crippen molar-refractivity contribution in [1.29, 1.82) is 0 Å². The zero-order valence-corrected chi connectivity index (χ0v) is 14.8. The van der Waals surface area contributed by atoms with Crippen LogP contribution in [0.2, 0.25) is 0 Å².